The molecule has 0 aliphatic rings. The van der Waals surface area contributed by atoms with Crippen LogP contribution in [0.1, 0.15) is 48.1 Å². The van der Waals surface area contributed by atoms with Crippen LogP contribution in [0.5, 0.6) is 0 Å². The van der Waals surface area contributed by atoms with Gasteiger partial charge in [-0.3, -0.25) is 9.36 Å². The molecule has 0 aromatic carbocycles. The Morgan fingerprint density at radius 1 is 1.25 bits per heavy atom. The summed E-state index contributed by atoms with van der Waals surface area (Å²) in [6, 6.07) is 0.287. The average molecular weight is 275 g/mol. The summed E-state index contributed by atoms with van der Waals surface area (Å²) in [4.78, 5) is 0. The highest BCUT2D eigenvalue weighted by Gasteiger charge is 2.17. The van der Waals surface area contributed by atoms with Crippen LogP contribution >= 0.6 is 0 Å². The van der Waals surface area contributed by atoms with E-state index in [0.29, 0.717) is 0 Å². The van der Waals surface area contributed by atoms with Crippen LogP contribution < -0.4 is 5.32 Å². The maximum absolute atomic E-state index is 4.59. The van der Waals surface area contributed by atoms with Crippen LogP contribution in [0.2, 0.25) is 0 Å². The molecule has 0 saturated heterocycles. The molecule has 2 aromatic heterocycles. The molecule has 0 amide bonds. The number of hydrogen-bond donors (Lipinski definition) is 1. The molecule has 1 N–H and O–H groups in total. The van der Waals surface area contributed by atoms with Crippen LogP contribution in [0.3, 0.4) is 0 Å². The van der Waals surface area contributed by atoms with Gasteiger partial charge in [0.05, 0.1) is 11.9 Å². The van der Waals surface area contributed by atoms with Crippen LogP contribution in [0.15, 0.2) is 6.20 Å². The molecule has 0 saturated carbocycles. The SMILES string of the molecule is CCn1nc(C)c(C(C)NCc2cnn(C)c2C)c1C. The summed E-state index contributed by atoms with van der Waals surface area (Å²) in [6.45, 7) is 12.4. The highest BCUT2D eigenvalue weighted by atomic mass is 15.3. The molecule has 1 unspecified atom stereocenters. The van der Waals surface area contributed by atoms with E-state index in [1.807, 2.05) is 17.9 Å². The summed E-state index contributed by atoms with van der Waals surface area (Å²) in [5, 5.41) is 12.4. The van der Waals surface area contributed by atoms with Crippen molar-refractivity contribution in [3.8, 4) is 0 Å². The Kier molecular flexibility index (Phi) is 4.28. The predicted octanol–water partition coefficient (Wildman–Crippen LogP) is 2.41. The maximum Gasteiger partial charge on any atom is 0.0644 e. The van der Waals surface area contributed by atoms with E-state index in [-0.39, 0.29) is 6.04 Å². The standard InChI is InChI=1S/C15H25N5/c1-7-20-13(5)15(11(3)18-20)10(2)16-8-14-9-17-19(6)12(14)4/h9-10,16H,7-8H2,1-6H3. The van der Waals surface area contributed by atoms with Crippen molar-refractivity contribution in [3.63, 3.8) is 0 Å². The minimum absolute atomic E-state index is 0.287. The van der Waals surface area contributed by atoms with Crippen LogP contribution in [-0.4, -0.2) is 19.6 Å². The van der Waals surface area contributed by atoms with E-state index < -0.39 is 0 Å². The quantitative estimate of drug-likeness (QED) is 0.911. The number of hydrogen-bond acceptors (Lipinski definition) is 3. The van der Waals surface area contributed by atoms with Crippen molar-refractivity contribution in [1.82, 2.24) is 24.9 Å². The molecule has 110 valence electrons. The molecule has 0 aliphatic carbocycles. The topological polar surface area (TPSA) is 47.7 Å². The second-order valence-corrected chi connectivity index (χ2v) is 5.38. The lowest BCUT2D eigenvalue weighted by atomic mass is 10.1. The summed E-state index contributed by atoms with van der Waals surface area (Å²) in [5.41, 5.74) is 6.15. The van der Waals surface area contributed by atoms with E-state index in [1.54, 1.807) is 0 Å². The third kappa shape index (κ3) is 2.63. The van der Waals surface area contributed by atoms with Gasteiger partial charge < -0.3 is 5.32 Å². The Hall–Kier alpha value is -1.62. The molecule has 20 heavy (non-hydrogen) atoms. The van der Waals surface area contributed by atoms with E-state index >= 15 is 0 Å². The van der Waals surface area contributed by atoms with Gasteiger partial charge in [-0.15, -0.1) is 0 Å². The smallest absolute Gasteiger partial charge is 0.0644 e. The molecule has 2 rings (SSSR count). The first kappa shape index (κ1) is 14.8. The predicted molar refractivity (Wildman–Crippen MR) is 80.6 cm³/mol. The molecule has 0 aliphatic heterocycles. The minimum Gasteiger partial charge on any atom is -0.306 e. The number of nitrogens with one attached hydrogen (secondary N) is 1. The van der Waals surface area contributed by atoms with Crippen molar-refractivity contribution < 1.29 is 0 Å². The Labute approximate surface area is 121 Å². The van der Waals surface area contributed by atoms with Crippen LogP contribution in [0.4, 0.5) is 0 Å². The third-order valence-corrected chi connectivity index (χ3v) is 4.11. The molecule has 5 nitrogen and oxygen atoms in total. The number of rotatable bonds is 5. The van der Waals surface area contributed by atoms with Gasteiger partial charge in [-0.05, 0) is 34.6 Å². The van der Waals surface area contributed by atoms with E-state index in [9.17, 15) is 0 Å². The molecule has 0 fully saturated rings. The van der Waals surface area contributed by atoms with Crippen molar-refractivity contribution in [3.05, 3.63) is 34.4 Å². The Morgan fingerprint density at radius 2 is 1.95 bits per heavy atom. The second kappa shape index (κ2) is 5.79. The fourth-order valence-electron chi connectivity index (χ4n) is 2.73. The van der Waals surface area contributed by atoms with Crippen molar-refractivity contribution in [2.24, 2.45) is 7.05 Å². The lowest BCUT2D eigenvalue weighted by Crippen LogP contribution is -2.19. The zero-order valence-corrected chi connectivity index (χ0v) is 13.4. The summed E-state index contributed by atoms with van der Waals surface area (Å²) >= 11 is 0. The highest BCUT2D eigenvalue weighted by Crippen LogP contribution is 2.21. The molecule has 0 spiro atoms. The lowest BCUT2D eigenvalue weighted by molar-refractivity contribution is 0.564. The summed E-state index contributed by atoms with van der Waals surface area (Å²) in [5.74, 6) is 0. The summed E-state index contributed by atoms with van der Waals surface area (Å²) in [6.07, 6.45) is 1.93. The first-order chi connectivity index (χ1) is 9.45. The van der Waals surface area contributed by atoms with Gasteiger partial charge in [0.2, 0.25) is 0 Å². The average Bonchev–Trinajstić information content (AvgIpc) is 2.88. The first-order valence-corrected chi connectivity index (χ1v) is 7.20. The molecule has 2 heterocycles. The minimum atomic E-state index is 0.287. The number of aromatic nitrogens is 4. The second-order valence-electron chi connectivity index (χ2n) is 5.38. The Bertz CT molecular complexity index is 594. The maximum atomic E-state index is 4.59. The zero-order chi connectivity index (χ0) is 14.9. The molecule has 1 atom stereocenters. The fourth-order valence-corrected chi connectivity index (χ4v) is 2.73. The van der Waals surface area contributed by atoms with Crippen LogP contribution in [0, 0.1) is 20.8 Å². The largest absolute Gasteiger partial charge is 0.306 e. The van der Waals surface area contributed by atoms with Gasteiger partial charge in [-0.1, -0.05) is 0 Å². The van der Waals surface area contributed by atoms with Gasteiger partial charge in [0.1, 0.15) is 0 Å². The van der Waals surface area contributed by atoms with Gasteiger partial charge in [0, 0.05) is 48.7 Å². The van der Waals surface area contributed by atoms with E-state index in [1.165, 1.54) is 22.5 Å². The van der Waals surface area contributed by atoms with Crippen LogP contribution in [0.25, 0.3) is 0 Å². The van der Waals surface area contributed by atoms with Gasteiger partial charge in [-0.2, -0.15) is 10.2 Å². The fraction of sp³-hybridized carbons (Fsp3) is 0.600. The van der Waals surface area contributed by atoms with Gasteiger partial charge >= 0.3 is 0 Å². The molecule has 0 bridgehead atoms. The van der Waals surface area contributed by atoms with E-state index in [0.717, 1.165) is 18.8 Å². The number of aryl methyl sites for hydroxylation is 3. The lowest BCUT2D eigenvalue weighted by Gasteiger charge is -2.15. The summed E-state index contributed by atoms with van der Waals surface area (Å²) in [7, 11) is 1.97. The monoisotopic (exact) mass is 275 g/mol. The van der Waals surface area contributed by atoms with E-state index in [2.05, 4.69) is 54.8 Å². The van der Waals surface area contributed by atoms with Crippen molar-refractivity contribution >= 4 is 0 Å². The van der Waals surface area contributed by atoms with Crippen LogP contribution in [-0.2, 0) is 20.1 Å². The normalized spacial score (nSPS) is 12.9. The summed E-state index contributed by atoms with van der Waals surface area (Å²) < 4.78 is 3.98. The van der Waals surface area contributed by atoms with Gasteiger partial charge in [0.15, 0.2) is 0 Å². The molecule has 0 radical (unpaired) electrons. The molecule has 2 aromatic rings. The highest BCUT2D eigenvalue weighted by molar-refractivity contribution is 5.28. The molecular formula is C15H25N5. The Balaban J connectivity index is 2.11. The van der Waals surface area contributed by atoms with E-state index in [4.69, 9.17) is 0 Å². The van der Waals surface area contributed by atoms with Gasteiger partial charge in [0.25, 0.3) is 0 Å². The Morgan fingerprint density at radius 3 is 2.45 bits per heavy atom. The zero-order valence-electron chi connectivity index (χ0n) is 13.4. The molecular weight excluding hydrogens is 250 g/mol. The first-order valence-electron chi connectivity index (χ1n) is 7.20. The van der Waals surface area contributed by atoms with Crippen molar-refractivity contribution in [2.45, 2.75) is 53.8 Å². The molecule has 5 heteroatoms. The van der Waals surface area contributed by atoms with Crippen molar-refractivity contribution in [1.29, 1.82) is 0 Å². The third-order valence-electron chi connectivity index (χ3n) is 4.11. The van der Waals surface area contributed by atoms with Crippen molar-refractivity contribution in [2.75, 3.05) is 0 Å². The number of nitrogens with zero attached hydrogens (tertiary/aromatic N) is 4. The van der Waals surface area contributed by atoms with Gasteiger partial charge in [-0.25, -0.2) is 0 Å².